The fourth-order valence-electron chi connectivity index (χ4n) is 3.47. The first-order valence-corrected chi connectivity index (χ1v) is 9.35. The molecule has 0 unspecified atom stereocenters. The van der Waals surface area contributed by atoms with Crippen LogP contribution in [0.25, 0.3) is 33.3 Å². The summed E-state index contributed by atoms with van der Waals surface area (Å²) in [5.41, 5.74) is 4.15. The summed E-state index contributed by atoms with van der Waals surface area (Å²) < 4.78 is 0. The van der Waals surface area contributed by atoms with Gasteiger partial charge in [0.25, 0.3) is 0 Å². The monoisotopic (exact) mass is 365 g/mol. The number of pyridine rings is 1. The number of nitrogens with one attached hydrogen (secondary N) is 2. The minimum atomic E-state index is 0.633. The van der Waals surface area contributed by atoms with Gasteiger partial charge < -0.3 is 10.3 Å². The van der Waals surface area contributed by atoms with E-state index in [-0.39, 0.29) is 0 Å². The Labute approximate surface area is 162 Å². The lowest BCUT2D eigenvalue weighted by Crippen LogP contribution is -2.08. The van der Waals surface area contributed by atoms with E-state index in [4.69, 9.17) is 4.98 Å². The van der Waals surface area contributed by atoms with Gasteiger partial charge in [-0.15, -0.1) is 0 Å². The average Bonchev–Trinajstić information content (AvgIpc) is 3.17. The van der Waals surface area contributed by atoms with E-state index < -0.39 is 0 Å². The van der Waals surface area contributed by atoms with Crippen LogP contribution in [0.15, 0.2) is 79.1 Å². The molecule has 5 heteroatoms. The van der Waals surface area contributed by atoms with Crippen LogP contribution < -0.4 is 5.32 Å². The largest absolute Gasteiger partial charge is 0.369 e. The molecule has 0 bridgehead atoms. The van der Waals surface area contributed by atoms with Gasteiger partial charge in [-0.1, -0.05) is 36.4 Å². The van der Waals surface area contributed by atoms with Gasteiger partial charge in [-0.25, -0.2) is 9.97 Å². The van der Waals surface area contributed by atoms with Crippen molar-refractivity contribution >= 4 is 27.6 Å². The summed E-state index contributed by atoms with van der Waals surface area (Å²) in [6.45, 7) is 0.782. The smallest absolute Gasteiger partial charge is 0.180 e. The van der Waals surface area contributed by atoms with Crippen LogP contribution in [0.3, 0.4) is 0 Å². The normalized spacial score (nSPS) is 11.1. The van der Waals surface area contributed by atoms with E-state index in [1.165, 1.54) is 16.5 Å². The number of para-hydroxylation sites is 2. The molecular weight excluding hydrogens is 346 g/mol. The van der Waals surface area contributed by atoms with Crippen molar-refractivity contribution in [3.63, 3.8) is 0 Å². The van der Waals surface area contributed by atoms with Gasteiger partial charge >= 0.3 is 0 Å². The molecule has 0 aliphatic rings. The lowest BCUT2D eigenvalue weighted by molar-refractivity contribution is 1.01. The zero-order chi connectivity index (χ0) is 18.8. The van der Waals surface area contributed by atoms with E-state index in [2.05, 4.69) is 44.7 Å². The molecule has 5 rings (SSSR count). The van der Waals surface area contributed by atoms with E-state index in [1.54, 1.807) is 6.20 Å². The molecule has 5 aromatic rings. The maximum absolute atomic E-state index is 4.76. The van der Waals surface area contributed by atoms with Crippen LogP contribution in [0.1, 0.15) is 5.56 Å². The van der Waals surface area contributed by atoms with Crippen LogP contribution in [0, 0.1) is 0 Å². The number of fused-ring (bicyclic) bond motifs is 2. The zero-order valence-electron chi connectivity index (χ0n) is 15.3. The first-order valence-electron chi connectivity index (χ1n) is 9.35. The SMILES string of the molecule is c1ccc(-c2nc(NCCc3c[nH]c4ccccc34)c3ccccc3n2)nc1. The Hall–Kier alpha value is -3.73. The Morgan fingerprint density at radius 1 is 0.821 bits per heavy atom. The second-order valence-electron chi connectivity index (χ2n) is 6.66. The lowest BCUT2D eigenvalue weighted by Gasteiger charge is -2.10. The third kappa shape index (κ3) is 3.07. The molecule has 136 valence electrons. The summed E-state index contributed by atoms with van der Waals surface area (Å²) in [5.74, 6) is 1.47. The third-order valence-electron chi connectivity index (χ3n) is 4.86. The van der Waals surface area contributed by atoms with E-state index in [1.807, 2.05) is 48.5 Å². The van der Waals surface area contributed by atoms with Gasteiger partial charge in [0.15, 0.2) is 5.82 Å². The molecule has 2 N–H and O–H groups in total. The number of aromatic nitrogens is 4. The highest BCUT2D eigenvalue weighted by molar-refractivity contribution is 5.90. The first-order chi connectivity index (χ1) is 13.9. The summed E-state index contributed by atoms with van der Waals surface area (Å²) in [6.07, 6.45) is 4.75. The van der Waals surface area contributed by atoms with Gasteiger partial charge in [0.2, 0.25) is 0 Å². The van der Waals surface area contributed by atoms with Gasteiger partial charge in [0, 0.05) is 35.2 Å². The first kappa shape index (κ1) is 16.4. The molecule has 0 spiro atoms. The number of aromatic amines is 1. The van der Waals surface area contributed by atoms with E-state index in [0.29, 0.717) is 5.82 Å². The Balaban J connectivity index is 1.44. The van der Waals surface area contributed by atoms with Crippen molar-refractivity contribution in [2.75, 3.05) is 11.9 Å². The van der Waals surface area contributed by atoms with Crippen LogP contribution in [-0.4, -0.2) is 26.5 Å². The molecule has 0 radical (unpaired) electrons. The number of hydrogen-bond donors (Lipinski definition) is 2. The Morgan fingerprint density at radius 3 is 2.54 bits per heavy atom. The highest BCUT2D eigenvalue weighted by atomic mass is 15.0. The van der Waals surface area contributed by atoms with Crippen LogP contribution >= 0.6 is 0 Å². The standard InChI is InChI=1S/C23H19N5/c1-3-9-19-17(7-1)16(15-26-19)12-14-25-22-18-8-2-4-10-20(18)27-23(28-22)21-11-5-6-13-24-21/h1-11,13,15,26H,12,14H2,(H,25,27,28). The second-order valence-corrected chi connectivity index (χ2v) is 6.66. The summed E-state index contributed by atoms with van der Waals surface area (Å²) in [5, 5.41) is 5.79. The molecule has 5 nitrogen and oxygen atoms in total. The lowest BCUT2D eigenvalue weighted by atomic mass is 10.1. The quantitative estimate of drug-likeness (QED) is 0.468. The molecule has 0 saturated heterocycles. The van der Waals surface area contributed by atoms with Crippen molar-refractivity contribution in [1.29, 1.82) is 0 Å². The van der Waals surface area contributed by atoms with Gasteiger partial charge in [0.05, 0.1) is 5.52 Å². The topological polar surface area (TPSA) is 66.5 Å². The highest BCUT2D eigenvalue weighted by Crippen LogP contribution is 2.24. The van der Waals surface area contributed by atoms with E-state index in [9.17, 15) is 0 Å². The maximum Gasteiger partial charge on any atom is 0.180 e. The number of nitrogens with zero attached hydrogens (tertiary/aromatic N) is 3. The van der Waals surface area contributed by atoms with Crippen LogP contribution in [0.4, 0.5) is 5.82 Å². The van der Waals surface area contributed by atoms with Crippen molar-refractivity contribution in [3.05, 3.63) is 84.7 Å². The van der Waals surface area contributed by atoms with Gasteiger partial charge in [-0.2, -0.15) is 0 Å². The minimum absolute atomic E-state index is 0.633. The summed E-state index contributed by atoms with van der Waals surface area (Å²) in [6, 6.07) is 22.2. The molecule has 3 aromatic heterocycles. The molecule has 0 atom stereocenters. The van der Waals surface area contributed by atoms with Crippen molar-refractivity contribution in [3.8, 4) is 11.5 Å². The fraction of sp³-hybridized carbons (Fsp3) is 0.0870. The molecular formula is C23H19N5. The molecule has 3 heterocycles. The number of H-pyrrole nitrogens is 1. The van der Waals surface area contributed by atoms with E-state index >= 15 is 0 Å². The predicted molar refractivity (Wildman–Crippen MR) is 113 cm³/mol. The third-order valence-corrected chi connectivity index (χ3v) is 4.86. The van der Waals surface area contributed by atoms with Crippen LogP contribution in [0.5, 0.6) is 0 Å². The summed E-state index contributed by atoms with van der Waals surface area (Å²) in [4.78, 5) is 17.2. The summed E-state index contributed by atoms with van der Waals surface area (Å²) in [7, 11) is 0. The van der Waals surface area contributed by atoms with Crippen molar-refractivity contribution in [1.82, 2.24) is 19.9 Å². The van der Waals surface area contributed by atoms with Gasteiger partial charge in [-0.05, 0) is 42.3 Å². The molecule has 0 fully saturated rings. The number of anilines is 1. The zero-order valence-corrected chi connectivity index (χ0v) is 15.3. The van der Waals surface area contributed by atoms with Crippen molar-refractivity contribution in [2.45, 2.75) is 6.42 Å². The molecule has 0 aliphatic carbocycles. The average molecular weight is 365 g/mol. The van der Waals surface area contributed by atoms with E-state index in [0.717, 1.165) is 35.4 Å². The van der Waals surface area contributed by atoms with Crippen LogP contribution in [0.2, 0.25) is 0 Å². The number of hydrogen-bond acceptors (Lipinski definition) is 4. The van der Waals surface area contributed by atoms with Crippen LogP contribution in [-0.2, 0) is 6.42 Å². The number of rotatable bonds is 5. The molecule has 0 amide bonds. The predicted octanol–water partition coefficient (Wildman–Crippen LogP) is 4.83. The molecule has 0 saturated carbocycles. The fourth-order valence-corrected chi connectivity index (χ4v) is 3.47. The molecule has 28 heavy (non-hydrogen) atoms. The van der Waals surface area contributed by atoms with Gasteiger partial charge in [-0.3, -0.25) is 4.98 Å². The second kappa shape index (κ2) is 7.12. The Morgan fingerprint density at radius 2 is 1.64 bits per heavy atom. The Kier molecular flexibility index (Phi) is 4.18. The minimum Gasteiger partial charge on any atom is -0.369 e. The number of benzene rings is 2. The molecule has 0 aliphatic heterocycles. The van der Waals surface area contributed by atoms with Gasteiger partial charge in [0.1, 0.15) is 11.5 Å². The van der Waals surface area contributed by atoms with Crippen molar-refractivity contribution in [2.24, 2.45) is 0 Å². The summed E-state index contributed by atoms with van der Waals surface area (Å²) >= 11 is 0. The Bertz CT molecular complexity index is 1240. The molecule has 2 aromatic carbocycles. The maximum atomic E-state index is 4.76. The highest BCUT2D eigenvalue weighted by Gasteiger charge is 2.10. The van der Waals surface area contributed by atoms with Crippen molar-refractivity contribution < 1.29 is 0 Å².